The number of carbonyl (C=O) groups is 1. The molecule has 0 atom stereocenters. The lowest BCUT2D eigenvalue weighted by atomic mass is 9.82. The van der Waals surface area contributed by atoms with Crippen molar-refractivity contribution in [2.75, 3.05) is 19.3 Å². The van der Waals surface area contributed by atoms with E-state index in [4.69, 9.17) is 0 Å². The first kappa shape index (κ1) is 13.9. The van der Waals surface area contributed by atoms with E-state index in [1.165, 1.54) is 24.6 Å². The molecule has 0 radical (unpaired) electrons. The Kier molecular flexibility index (Phi) is 3.98. The van der Waals surface area contributed by atoms with E-state index in [2.05, 4.69) is 14.8 Å². The Morgan fingerprint density at radius 3 is 2.95 bits per heavy atom. The Morgan fingerprint density at radius 1 is 1.55 bits per heavy atom. The van der Waals surface area contributed by atoms with Gasteiger partial charge in [-0.05, 0) is 31.6 Å². The lowest BCUT2D eigenvalue weighted by Crippen LogP contribution is -2.40. The van der Waals surface area contributed by atoms with Crippen molar-refractivity contribution < 1.29 is 9.90 Å². The monoisotopic (exact) mass is 296 g/mol. The molecule has 1 amide bonds. The largest absolute Gasteiger partial charge is 0.393 e. The number of aliphatic hydroxyl groups is 1. The van der Waals surface area contributed by atoms with Gasteiger partial charge < -0.3 is 14.6 Å². The zero-order valence-corrected chi connectivity index (χ0v) is 12.4. The summed E-state index contributed by atoms with van der Waals surface area (Å²) in [5.74, 6) is 0.970. The SMILES string of the molecule is CN(CC1CC(O)C1)C(=O)CSc1nncn1C1CC1. The van der Waals surface area contributed by atoms with Crippen molar-refractivity contribution in [3.8, 4) is 0 Å². The van der Waals surface area contributed by atoms with Gasteiger partial charge in [-0.3, -0.25) is 4.79 Å². The second kappa shape index (κ2) is 5.73. The number of amides is 1. The molecular weight excluding hydrogens is 276 g/mol. The zero-order chi connectivity index (χ0) is 14.1. The molecule has 1 aromatic heterocycles. The van der Waals surface area contributed by atoms with Gasteiger partial charge in [-0.25, -0.2) is 0 Å². The third-order valence-electron chi connectivity index (χ3n) is 3.97. The van der Waals surface area contributed by atoms with Crippen molar-refractivity contribution in [3.05, 3.63) is 6.33 Å². The van der Waals surface area contributed by atoms with Crippen LogP contribution >= 0.6 is 11.8 Å². The molecule has 0 bridgehead atoms. The van der Waals surface area contributed by atoms with E-state index < -0.39 is 0 Å². The van der Waals surface area contributed by atoms with Gasteiger partial charge in [-0.15, -0.1) is 10.2 Å². The number of carbonyl (C=O) groups excluding carboxylic acids is 1. The number of hydrogen-bond donors (Lipinski definition) is 1. The topological polar surface area (TPSA) is 71.2 Å². The summed E-state index contributed by atoms with van der Waals surface area (Å²) in [6.45, 7) is 0.742. The molecule has 0 saturated heterocycles. The number of aromatic nitrogens is 3. The smallest absolute Gasteiger partial charge is 0.232 e. The minimum atomic E-state index is -0.157. The third kappa shape index (κ3) is 3.15. The van der Waals surface area contributed by atoms with E-state index in [0.29, 0.717) is 17.7 Å². The van der Waals surface area contributed by atoms with Crippen LogP contribution in [0.2, 0.25) is 0 Å². The predicted octanol–water partition coefficient (Wildman–Crippen LogP) is 0.934. The molecule has 0 unspecified atom stereocenters. The fourth-order valence-corrected chi connectivity index (χ4v) is 3.44. The van der Waals surface area contributed by atoms with E-state index in [-0.39, 0.29) is 12.0 Å². The highest BCUT2D eigenvalue weighted by atomic mass is 32.2. The van der Waals surface area contributed by atoms with Crippen molar-refractivity contribution in [3.63, 3.8) is 0 Å². The molecule has 0 aliphatic heterocycles. The summed E-state index contributed by atoms with van der Waals surface area (Å²) in [6.07, 6.45) is 5.60. The van der Waals surface area contributed by atoms with Gasteiger partial charge >= 0.3 is 0 Å². The van der Waals surface area contributed by atoms with Crippen LogP contribution in [0.15, 0.2) is 11.5 Å². The average Bonchev–Trinajstić information content (AvgIpc) is 3.13. The summed E-state index contributed by atoms with van der Waals surface area (Å²) in [4.78, 5) is 13.8. The first-order valence-corrected chi connectivity index (χ1v) is 8.06. The van der Waals surface area contributed by atoms with Gasteiger partial charge in [-0.1, -0.05) is 11.8 Å². The molecule has 6 nitrogen and oxygen atoms in total. The van der Waals surface area contributed by atoms with Crippen LogP contribution < -0.4 is 0 Å². The maximum atomic E-state index is 12.1. The molecule has 2 saturated carbocycles. The van der Waals surface area contributed by atoms with Gasteiger partial charge in [0.2, 0.25) is 5.91 Å². The Labute approximate surface area is 122 Å². The van der Waals surface area contributed by atoms with Crippen molar-refractivity contribution in [1.29, 1.82) is 0 Å². The van der Waals surface area contributed by atoms with E-state index in [0.717, 1.165) is 24.5 Å². The lowest BCUT2D eigenvalue weighted by molar-refractivity contribution is -0.128. The Bertz CT molecular complexity index is 482. The summed E-state index contributed by atoms with van der Waals surface area (Å²) in [6, 6.07) is 0.539. The van der Waals surface area contributed by atoms with Crippen molar-refractivity contribution in [2.45, 2.75) is 43.0 Å². The van der Waals surface area contributed by atoms with Gasteiger partial charge in [0.1, 0.15) is 6.33 Å². The van der Waals surface area contributed by atoms with Gasteiger partial charge in [-0.2, -0.15) is 0 Å². The van der Waals surface area contributed by atoms with Crippen LogP contribution in [0.25, 0.3) is 0 Å². The van der Waals surface area contributed by atoms with E-state index >= 15 is 0 Å². The number of rotatable bonds is 6. The summed E-state index contributed by atoms with van der Waals surface area (Å²) in [5, 5.41) is 18.1. The Balaban J connectivity index is 1.45. The maximum Gasteiger partial charge on any atom is 0.232 e. The van der Waals surface area contributed by atoms with Crippen LogP contribution in [0.1, 0.15) is 31.7 Å². The summed E-state index contributed by atoms with van der Waals surface area (Å²) >= 11 is 1.46. The highest BCUT2D eigenvalue weighted by molar-refractivity contribution is 7.99. The van der Waals surface area contributed by atoms with Crippen LogP contribution in [0.3, 0.4) is 0 Å². The van der Waals surface area contributed by atoms with Crippen molar-refractivity contribution >= 4 is 17.7 Å². The molecule has 0 spiro atoms. The number of aliphatic hydroxyl groups excluding tert-OH is 1. The molecule has 0 aromatic carbocycles. The fourth-order valence-electron chi connectivity index (χ4n) is 2.51. The molecule has 7 heteroatoms. The second-order valence-electron chi connectivity index (χ2n) is 5.81. The fraction of sp³-hybridized carbons (Fsp3) is 0.769. The highest BCUT2D eigenvalue weighted by Crippen LogP contribution is 2.37. The zero-order valence-electron chi connectivity index (χ0n) is 11.6. The molecule has 3 rings (SSSR count). The van der Waals surface area contributed by atoms with Crippen molar-refractivity contribution in [1.82, 2.24) is 19.7 Å². The van der Waals surface area contributed by atoms with E-state index in [1.807, 2.05) is 7.05 Å². The van der Waals surface area contributed by atoms with Gasteiger partial charge in [0.15, 0.2) is 5.16 Å². The minimum Gasteiger partial charge on any atom is -0.393 e. The van der Waals surface area contributed by atoms with Crippen LogP contribution in [-0.4, -0.2) is 56.1 Å². The quantitative estimate of drug-likeness (QED) is 0.791. The van der Waals surface area contributed by atoms with Crippen LogP contribution in [-0.2, 0) is 4.79 Å². The van der Waals surface area contributed by atoms with Gasteiger partial charge in [0.25, 0.3) is 0 Å². The lowest BCUT2D eigenvalue weighted by Gasteiger charge is -2.34. The van der Waals surface area contributed by atoms with E-state index in [9.17, 15) is 9.90 Å². The molecule has 2 aliphatic rings. The standard InChI is InChI=1S/C13H20N4O2S/c1-16(6-9-4-11(18)5-9)12(19)7-20-13-15-14-8-17(13)10-2-3-10/h8-11,18H,2-7H2,1H3. The molecule has 1 N–H and O–H groups in total. The third-order valence-corrected chi connectivity index (χ3v) is 4.92. The molecular formula is C13H20N4O2S. The molecule has 2 fully saturated rings. The molecule has 2 aliphatic carbocycles. The number of thioether (sulfide) groups is 1. The molecule has 1 heterocycles. The Morgan fingerprint density at radius 2 is 2.30 bits per heavy atom. The normalized spacial score (nSPS) is 25.3. The van der Waals surface area contributed by atoms with Crippen LogP contribution in [0.4, 0.5) is 0 Å². The van der Waals surface area contributed by atoms with Crippen molar-refractivity contribution in [2.24, 2.45) is 5.92 Å². The average molecular weight is 296 g/mol. The second-order valence-corrected chi connectivity index (χ2v) is 6.75. The predicted molar refractivity (Wildman–Crippen MR) is 75.4 cm³/mol. The summed E-state index contributed by atoms with van der Waals surface area (Å²) in [5.41, 5.74) is 0. The van der Waals surface area contributed by atoms with Gasteiger partial charge in [0, 0.05) is 19.6 Å². The van der Waals surface area contributed by atoms with Gasteiger partial charge in [0.05, 0.1) is 11.9 Å². The number of nitrogens with zero attached hydrogens (tertiary/aromatic N) is 4. The summed E-state index contributed by atoms with van der Waals surface area (Å²) in [7, 11) is 1.83. The highest BCUT2D eigenvalue weighted by Gasteiger charge is 2.29. The Hall–Kier alpha value is -1.08. The maximum absolute atomic E-state index is 12.1. The first-order chi connectivity index (χ1) is 9.63. The number of hydrogen-bond acceptors (Lipinski definition) is 5. The molecule has 1 aromatic rings. The molecule has 110 valence electrons. The molecule has 20 heavy (non-hydrogen) atoms. The van der Waals surface area contributed by atoms with E-state index in [1.54, 1.807) is 11.2 Å². The van der Waals surface area contributed by atoms with Crippen LogP contribution in [0, 0.1) is 5.92 Å². The first-order valence-electron chi connectivity index (χ1n) is 7.08. The minimum absolute atomic E-state index is 0.113. The van der Waals surface area contributed by atoms with Crippen LogP contribution in [0.5, 0.6) is 0 Å². The summed E-state index contributed by atoms with van der Waals surface area (Å²) < 4.78 is 2.07.